The highest BCUT2D eigenvalue weighted by Gasteiger charge is 2.38. The van der Waals surface area contributed by atoms with E-state index in [2.05, 4.69) is 0 Å². The van der Waals surface area contributed by atoms with Crippen molar-refractivity contribution in [3.63, 3.8) is 0 Å². The Morgan fingerprint density at radius 2 is 2.10 bits per heavy atom. The summed E-state index contributed by atoms with van der Waals surface area (Å²) in [5.41, 5.74) is -1.94. The van der Waals surface area contributed by atoms with Crippen LogP contribution in [0, 0.1) is 10.1 Å². The van der Waals surface area contributed by atoms with Crippen molar-refractivity contribution >= 4 is 23.4 Å². The Morgan fingerprint density at radius 1 is 1.41 bits per heavy atom. The van der Waals surface area contributed by atoms with Gasteiger partial charge in [0.2, 0.25) is 5.75 Å². The Morgan fingerprint density at radius 3 is 2.69 bits per heavy atom. The molecule has 2 rings (SSSR count). The van der Waals surface area contributed by atoms with Crippen LogP contribution in [-0.2, 0) is 20.4 Å². The largest absolute Gasteiger partial charge is 0.464 e. The van der Waals surface area contributed by atoms with E-state index >= 15 is 0 Å². The molecule has 1 aromatic rings. The van der Waals surface area contributed by atoms with Gasteiger partial charge in [0.15, 0.2) is 11.2 Å². The molecule has 2 atom stereocenters. The van der Waals surface area contributed by atoms with Gasteiger partial charge in [0.25, 0.3) is 0 Å². The summed E-state index contributed by atoms with van der Waals surface area (Å²) < 4.78 is 54.6. The van der Waals surface area contributed by atoms with Gasteiger partial charge in [0, 0.05) is 12.5 Å². The number of benzene rings is 1. The Labute approximate surface area is 169 Å². The maximum atomic E-state index is 12.8. The van der Waals surface area contributed by atoms with Crippen molar-refractivity contribution in [1.82, 2.24) is 0 Å². The van der Waals surface area contributed by atoms with Gasteiger partial charge in [-0.2, -0.15) is 13.2 Å². The Kier molecular flexibility index (Phi) is 7.17. The third-order valence-corrected chi connectivity index (χ3v) is 5.00. The number of halogens is 3. The quantitative estimate of drug-likeness (QED) is 0.321. The van der Waals surface area contributed by atoms with Crippen LogP contribution in [0.15, 0.2) is 29.4 Å². The number of rotatable bonds is 8. The molecule has 0 N–H and O–H groups in total. The van der Waals surface area contributed by atoms with Gasteiger partial charge in [-0.25, -0.2) is 4.79 Å². The van der Waals surface area contributed by atoms with Gasteiger partial charge in [-0.15, -0.1) is 0 Å². The number of esters is 1. The molecule has 29 heavy (non-hydrogen) atoms. The maximum Gasteiger partial charge on any atom is 0.416 e. The van der Waals surface area contributed by atoms with E-state index < -0.39 is 39.4 Å². The number of thioether (sulfide) groups is 1. The van der Waals surface area contributed by atoms with Crippen LogP contribution >= 0.6 is 11.8 Å². The molecule has 0 spiro atoms. The van der Waals surface area contributed by atoms with Crippen molar-refractivity contribution in [2.24, 2.45) is 0 Å². The number of hydrogen-bond acceptors (Lipinski definition) is 7. The first-order valence-corrected chi connectivity index (χ1v) is 9.54. The normalized spacial score (nSPS) is 20.1. The molecule has 11 heteroatoms. The standard InChI is InChI=1S/C18H20F3NO6S/c1-4-9-26-16(23)11(2)28-17(3)8-7-15(29-17)27-14-6-5-12(18(19,20)21)10-13(14)22(24)25/h5-7,10-11H,4,8-9H2,1-3H3. The van der Waals surface area contributed by atoms with E-state index in [-0.39, 0.29) is 17.4 Å². The summed E-state index contributed by atoms with van der Waals surface area (Å²) in [5, 5.41) is 11.4. The summed E-state index contributed by atoms with van der Waals surface area (Å²) in [6.45, 7) is 5.39. The Bertz CT molecular complexity index is 813. The average molecular weight is 435 g/mol. The highest BCUT2D eigenvalue weighted by atomic mass is 32.2. The van der Waals surface area contributed by atoms with Crippen LogP contribution < -0.4 is 4.74 Å². The zero-order valence-corrected chi connectivity index (χ0v) is 16.8. The summed E-state index contributed by atoms with van der Waals surface area (Å²) in [4.78, 5) is 21.2. The molecule has 0 bridgehead atoms. The molecule has 1 aromatic carbocycles. The van der Waals surface area contributed by atoms with Crippen molar-refractivity contribution in [3.8, 4) is 5.75 Å². The molecule has 0 aliphatic carbocycles. The van der Waals surface area contributed by atoms with Gasteiger partial charge >= 0.3 is 17.8 Å². The molecule has 0 saturated heterocycles. The van der Waals surface area contributed by atoms with E-state index in [4.69, 9.17) is 14.2 Å². The van der Waals surface area contributed by atoms with Crippen LogP contribution in [-0.4, -0.2) is 28.5 Å². The molecular formula is C18H20F3NO6S. The fourth-order valence-corrected chi connectivity index (χ4v) is 3.56. The minimum atomic E-state index is -4.71. The highest BCUT2D eigenvalue weighted by molar-refractivity contribution is 8.04. The van der Waals surface area contributed by atoms with E-state index in [9.17, 15) is 28.1 Å². The molecular weight excluding hydrogens is 415 g/mol. The van der Waals surface area contributed by atoms with Crippen molar-refractivity contribution in [3.05, 3.63) is 45.0 Å². The second-order valence-corrected chi connectivity index (χ2v) is 7.90. The molecule has 160 valence electrons. The lowest BCUT2D eigenvalue weighted by Gasteiger charge is -2.27. The van der Waals surface area contributed by atoms with Gasteiger partial charge in [-0.05, 0) is 38.5 Å². The predicted octanol–water partition coefficient (Wildman–Crippen LogP) is 5.05. The highest BCUT2D eigenvalue weighted by Crippen LogP contribution is 2.46. The van der Waals surface area contributed by atoms with Crippen molar-refractivity contribution in [2.75, 3.05) is 6.61 Å². The number of carbonyl (C=O) groups is 1. The number of nitro groups is 1. The second kappa shape index (κ2) is 9.04. The average Bonchev–Trinajstić information content (AvgIpc) is 2.99. The summed E-state index contributed by atoms with van der Waals surface area (Å²) in [6, 6.07) is 2.05. The van der Waals surface area contributed by atoms with Gasteiger partial charge in [0.1, 0.15) is 4.93 Å². The van der Waals surface area contributed by atoms with E-state index in [1.54, 1.807) is 19.9 Å². The van der Waals surface area contributed by atoms with Gasteiger partial charge in [-0.1, -0.05) is 18.7 Å². The number of carbonyl (C=O) groups excluding carboxylic acids is 1. The van der Waals surface area contributed by atoms with E-state index in [1.807, 2.05) is 6.92 Å². The van der Waals surface area contributed by atoms with E-state index in [1.165, 1.54) is 0 Å². The van der Waals surface area contributed by atoms with E-state index in [0.29, 0.717) is 25.0 Å². The molecule has 2 unspecified atom stereocenters. The summed E-state index contributed by atoms with van der Waals surface area (Å²) in [7, 11) is 0. The fourth-order valence-electron chi connectivity index (χ4n) is 2.47. The molecule has 1 heterocycles. The third kappa shape index (κ3) is 6.10. The molecule has 1 aliphatic heterocycles. The van der Waals surface area contributed by atoms with Crippen LogP contribution in [0.5, 0.6) is 5.75 Å². The SMILES string of the molecule is CCCOC(=O)C(C)OC1(C)CC=C(Oc2ccc(C(F)(F)F)cc2[N+](=O)[O-])S1. The lowest BCUT2D eigenvalue weighted by Crippen LogP contribution is -2.33. The van der Waals surface area contributed by atoms with Gasteiger partial charge in [0.05, 0.1) is 17.1 Å². The zero-order chi connectivity index (χ0) is 21.8. The number of hydrogen-bond donors (Lipinski definition) is 0. The lowest BCUT2D eigenvalue weighted by molar-refractivity contribution is -0.385. The first-order valence-electron chi connectivity index (χ1n) is 8.72. The number of ether oxygens (including phenoxy) is 3. The smallest absolute Gasteiger partial charge is 0.416 e. The third-order valence-electron chi connectivity index (χ3n) is 3.86. The van der Waals surface area contributed by atoms with Crippen molar-refractivity contribution in [2.45, 2.75) is 50.8 Å². The predicted molar refractivity (Wildman–Crippen MR) is 99.2 cm³/mol. The van der Waals surface area contributed by atoms with Gasteiger partial charge in [-0.3, -0.25) is 10.1 Å². The summed E-state index contributed by atoms with van der Waals surface area (Å²) in [5.74, 6) is -0.831. The number of nitro benzene ring substituents is 1. The first-order chi connectivity index (χ1) is 13.4. The molecule has 0 saturated carbocycles. The van der Waals surface area contributed by atoms with E-state index in [0.717, 1.165) is 17.8 Å². The topological polar surface area (TPSA) is 87.9 Å². The summed E-state index contributed by atoms with van der Waals surface area (Å²) >= 11 is 1.07. The molecule has 0 aromatic heterocycles. The minimum absolute atomic E-state index is 0.226. The minimum Gasteiger partial charge on any atom is -0.464 e. The molecule has 0 fully saturated rings. The van der Waals surface area contributed by atoms with Crippen LogP contribution in [0.1, 0.15) is 39.2 Å². The van der Waals surface area contributed by atoms with Crippen LogP contribution in [0.2, 0.25) is 0 Å². The zero-order valence-electron chi connectivity index (χ0n) is 15.9. The molecule has 7 nitrogen and oxygen atoms in total. The second-order valence-electron chi connectivity index (χ2n) is 6.43. The Balaban J connectivity index is 2.07. The van der Waals surface area contributed by atoms with Crippen LogP contribution in [0.4, 0.5) is 18.9 Å². The first kappa shape index (κ1) is 23.0. The van der Waals surface area contributed by atoms with Crippen molar-refractivity contribution in [1.29, 1.82) is 0 Å². The van der Waals surface area contributed by atoms with Crippen LogP contribution in [0.25, 0.3) is 0 Å². The number of nitrogens with zero attached hydrogens (tertiary/aromatic N) is 1. The monoisotopic (exact) mass is 435 g/mol. The lowest BCUT2D eigenvalue weighted by atomic mass is 10.2. The fraction of sp³-hybridized carbons (Fsp3) is 0.500. The summed E-state index contributed by atoms with van der Waals surface area (Å²) in [6.07, 6.45) is -2.95. The molecule has 0 amide bonds. The molecule has 0 radical (unpaired) electrons. The Hall–Kier alpha value is -2.27. The van der Waals surface area contributed by atoms with Gasteiger partial charge < -0.3 is 14.2 Å². The number of alkyl halides is 3. The maximum absolute atomic E-state index is 12.8. The van der Waals surface area contributed by atoms with Crippen LogP contribution in [0.3, 0.4) is 0 Å². The van der Waals surface area contributed by atoms with Crippen molar-refractivity contribution < 1.29 is 37.1 Å². The molecule has 1 aliphatic rings.